The molecule has 1 aromatic rings. The van der Waals surface area contributed by atoms with Crippen LogP contribution in [-0.4, -0.2) is 11.4 Å². The summed E-state index contributed by atoms with van der Waals surface area (Å²) in [5, 5.41) is 8.53. The van der Waals surface area contributed by atoms with Gasteiger partial charge in [0.1, 0.15) is 0 Å². The Bertz CT molecular complexity index is 349. The van der Waals surface area contributed by atoms with Gasteiger partial charge in [-0.25, -0.2) is 5.26 Å². The minimum absolute atomic E-state index is 0.202. The second-order valence-electron chi connectivity index (χ2n) is 4.12. The molecular weight excluding hydrogens is 192 g/mol. The van der Waals surface area contributed by atoms with Gasteiger partial charge in [0.25, 0.3) is 0 Å². The second kappa shape index (κ2) is 4.21. The third-order valence-corrected chi connectivity index (χ3v) is 2.93. The Balaban J connectivity index is 2.21. The molecule has 82 valence electrons. The van der Waals surface area contributed by atoms with Gasteiger partial charge in [-0.3, -0.25) is 0 Å². The summed E-state index contributed by atoms with van der Waals surface area (Å²) >= 11 is 0. The normalized spacial score (nSPS) is 25.5. The van der Waals surface area contributed by atoms with Crippen molar-refractivity contribution >= 4 is 0 Å². The van der Waals surface area contributed by atoms with Crippen molar-refractivity contribution < 1.29 is 14.9 Å². The average molecular weight is 208 g/mol. The van der Waals surface area contributed by atoms with Crippen molar-refractivity contribution in [1.82, 2.24) is 0 Å². The molecule has 2 unspecified atom stereocenters. The number of aryl methyl sites for hydroxylation is 1. The monoisotopic (exact) mass is 208 g/mol. The van der Waals surface area contributed by atoms with E-state index in [0.29, 0.717) is 11.9 Å². The summed E-state index contributed by atoms with van der Waals surface area (Å²) in [6, 6.07) is 5.54. The molecule has 1 heterocycles. The Hall–Kier alpha value is -1.06. The van der Waals surface area contributed by atoms with Crippen LogP contribution in [0.15, 0.2) is 18.2 Å². The molecule has 0 aliphatic carbocycles. The molecule has 3 nitrogen and oxygen atoms in total. The summed E-state index contributed by atoms with van der Waals surface area (Å²) in [5.41, 5.74) is 2.29. The highest BCUT2D eigenvalue weighted by Crippen LogP contribution is 2.35. The first kappa shape index (κ1) is 10.5. The van der Waals surface area contributed by atoms with E-state index in [1.807, 2.05) is 19.1 Å². The molecule has 15 heavy (non-hydrogen) atoms. The first-order valence-electron chi connectivity index (χ1n) is 5.28. The maximum atomic E-state index is 8.53. The molecule has 1 aliphatic rings. The van der Waals surface area contributed by atoms with Crippen LogP contribution >= 0.6 is 0 Å². The predicted molar refractivity (Wildman–Crippen MR) is 57.0 cm³/mol. The molecule has 1 fully saturated rings. The van der Waals surface area contributed by atoms with Crippen LogP contribution in [0, 0.1) is 6.92 Å². The number of benzene rings is 1. The van der Waals surface area contributed by atoms with E-state index in [1.165, 1.54) is 5.56 Å². The standard InChI is InChI=1S/C12H16O3/c1-8-7-10(15-13)4-5-11(8)12-6-3-9(2)14-12/h4-5,7,9,12-13H,3,6H2,1-2H3. The number of rotatable bonds is 2. The predicted octanol–water partition coefficient (Wildman–Crippen LogP) is 3.09. The average Bonchev–Trinajstić information content (AvgIpc) is 2.64. The van der Waals surface area contributed by atoms with Crippen LogP contribution in [0.1, 0.15) is 37.0 Å². The molecule has 2 atom stereocenters. The van der Waals surface area contributed by atoms with Crippen LogP contribution in [0.25, 0.3) is 0 Å². The van der Waals surface area contributed by atoms with E-state index >= 15 is 0 Å². The Morgan fingerprint density at radius 3 is 2.73 bits per heavy atom. The summed E-state index contributed by atoms with van der Waals surface area (Å²) in [6.07, 6.45) is 2.74. The van der Waals surface area contributed by atoms with Crippen molar-refractivity contribution in [3.63, 3.8) is 0 Å². The van der Waals surface area contributed by atoms with E-state index in [1.54, 1.807) is 6.07 Å². The van der Waals surface area contributed by atoms with Crippen LogP contribution < -0.4 is 4.89 Å². The van der Waals surface area contributed by atoms with Crippen LogP contribution in [-0.2, 0) is 4.74 Å². The van der Waals surface area contributed by atoms with Crippen molar-refractivity contribution in [2.24, 2.45) is 0 Å². The molecular formula is C12H16O3. The van der Waals surface area contributed by atoms with Gasteiger partial charge in [-0.15, -0.1) is 0 Å². The SMILES string of the molecule is Cc1cc(OO)ccc1C1CCC(C)O1. The van der Waals surface area contributed by atoms with Crippen LogP contribution in [0.5, 0.6) is 5.75 Å². The van der Waals surface area contributed by atoms with E-state index < -0.39 is 0 Å². The Morgan fingerprint density at radius 1 is 1.40 bits per heavy atom. The molecule has 0 aromatic heterocycles. The van der Waals surface area contributed by atoms with Crippen molar-refractivity contribution in [2.45, 2.75) is 38.9 Å². The molecule has 0 saturated carbocycles. The van der Waals surface area contributed by atoms with E-state index in [4.69, 9.17) is 9.99 Å². The van der Waals surface area contributed by atoms with Gasteiger partial charge in [0.2, 0.25) is 0 Å². The van der Waals surface area contributed by atoms with E-state index in [0.717, 1.165) is 18.4 Å². The molecule has 0 amide bonds. The fourth-order valence-electron chi connectivity index (χ4n) is 2.10. The lowest BCUT2D eigenvalue weighted by Crippen LogP contribution is -2.02. The smallest absolute Gasteiger partial charge is 0.165 e. The lowest BCUT2D eigenvalue weighted by molar-refractivity contribution is -0.137. The summed E-state index contributed by atoms with van der Waals surface area (Å²) in [6.45, 7) is 4.10. The molecule has 0 radical (unpaired) electrons. The van der Waals surface area contributed by atoms with E-state index in [2.05, 4.69) is 11.8 Å². The van der Waals surface area contributed by atoms with Gasteiger partial charge in [-0.1, -0.05) is 6.07 Å². The highest BCUT2D eigenvalue weighted by molar-refractivity contribution is 5.36. The zero-order valence-electron chi connectivity index (χ0n) is 9.06. The number of hydrogen-bond donors (Lipinski definition) is 1. The molecule has 0 spiro atoms. The first-order chi connectivity index (χ1) is 7.20. The van der Waals surface area contributed by atoms with Crippen LogP contribution in [0.2, 0.25) is 0 Å². The van der Waals surface area contributed by atoms with Gasteiger partial charge in [-0.2, -0.15) is 0 Å². The molecule has 1 N–H and O–H groups in total. The summed E-state index contributed by atoms with van der Waals surface area (Å²) in [5.74, 6) is 0.474. The van der Waals surface area contributed by atoms with Gasteiger partial charge < -0.3 is 9.62 Å². The quantitative estimate of drug-likeness (QED) is 0.599. The maximum absolute atomic E-state index is 8.53. The van der Waals surface area contributed by atoms with Crippen molar-refractivity contribution in [3.8, 4) is 5.75 Å². The number of hydrogen-bond acceptors (Lipinski definition) is 3. The van der Waals surface area contributed by atoms with Gasteiger partial charge >= 0.3 is 0 Å². The zero-order valence-corrected chi connectivity index (χ0v) is 9.06. The summed E-state index contributed by atoms with van der Waals surface area (Å²) in [7, 11) is 0. The Kier molecular flexibility index (Phi) is 2.93. The highest BCUT2D eigenvalue weighted by Gasteiger charge is 2.24. The minimum Gasteiger partial charge on any atom is -0.371 e. The first-order valence-corrected chi connectivity index (χ1v) is 5.28. The fourth-order valence-corrected chi connectivity index (χ4v) is 2.10. The van der Waals surface area contributed by atoms with Crippen LogP contribution in [0.3, 0.4) is 0 Å². The van der Waals surface area contributed by atoms with Gasteiger partial charge in [0.15, 0.2) is 5.75 Å². The molecule has 1 aromatic carbocycles. The molecule has 1 saturated heterocycles. The molecule has 3 heteroatoms. The lowest BCUT2D eigenvalue weighted by Gasteiger charge is -2.14. The summed E-state index contributed by atoms with van der Waals surface area (Å²) in [4.78, 5) is 4.19. The third kappa shape index (κ3) is 2.13. The van der Waals surface area contributed by atoms with E-state index in [-0.39, 0.29) is 6.10 Å². The maximum Gasteiger partial charge on any atom is 0.165 e. The topological polar surface area (TPSA) is 38.7 Å². The molecule has 2 rings (SSSR count). The fraction of sp³-hybridized carbons (Fsp3) is 0.500. The second-order valence-corrected chi connectivity index (χ2v) is 4.12. The molecule has 0 bridgehead atoms. The van der Waals surface area contributed by atoms with Crippen molar-refractivity contribution in [2.75, 3.05) is 0 Å². The number of ether oxygens (including phenoxy) is 1. The highest BCUT2D eigenvalue weighted by atomic mass is 17.1. The summed E-state index contributed by atoms with van der Waals surface area (Å²) < 4.78 is 5.80. The van der Waals surface area contributed by atoms with Crippen molar-refractivity contribution in [3.05, 3.63) is 29.3 Å². The minimum atomic E-state index is 0.202. The third-order valence-electron chi connectivity index (χ3n) is 2.93. The molecule has 1 aliphatic heterocycles. The Labute approximate surface area is 89.6 Å². The lowest BCUT2D eigenvalue weighted by atomic mass is 10.0. The van der Waals surface area contributed by atoms with Crippen LogP contribution in [0.4, 0.5) is 0 Å². The van der Waals surface area contributed by atoms with E-state index in [9.17, 15) is 0 Å². The zero-order chi connectivity index (χ0) is 10.8. The van der Waals surface area contributed by atoms with Crippen molar-refractivity contribution in [1.29, 1.82) is 0 Å². The Morgan fingerprint density at radius 2 is 2.20 bits per heavy atom. The largest absolute Gasteiger partial charge is 0.371 e. The van der Waals surface area contributed by atoms with Gasteiger partial charge in [-0.05, 0) is 49.9 Å². The van der Waals surface area contributed by atoms with Gasteiger partial charge in [0, 0.05) is 0 Å². The van der Waals surface area contributed by atoms with Gasteiger partial charge in [0.05, 0.1) is 12.2 Å².